The van der Waals surface area contributed by atoms with Crippen LogP contribution in [0.4, 0.5) is 0 Å². The van der Waals surface area contributed by atoms with Crippen molar-refractivity contribution in [2.45, 2.75) is 32.2 Å². The number of phenolic OH excluding ortho intramolecular Hbond substituents is 1. The van der Waals surface area contributed by atoms with Crippen molar-refractivity contribution in [1.29, 1.82) is 0 Å². The van der Waals surface area contributed by atoms with Gasteiger partial charge in [-0.2, -0.15) is 0 Å². The highest BCUT2D eigenvalue weighted by molar-refractivity contribution is 5.78. The second kappa shape index (κ2) is 6.57. The van der Waals surface area contributed by atoms with Gasteiger partial charge < -0.3 is 15.7 Å². The molecule has 4 heteroatoms. The molecule has 2 rings (SSSR count). The summed E-state index contributed by atoms with van der Waals surface area (Å²) in [4.78, 5) is 11.9. The molecule has 1 aromatic carbocycles. The van der Waals surface area contributed by atoms with Gasteiger partial charge in [-0.1, -0.05) is 19.1 Å². The van der Waals surface area contributed by atoms with Gasteiger partial charge in [0.2, 0.25) is 5.91 Å². The summed E-state index contributed by atoms with van der Waals surface area (Å²) in [5.74, 6) is 0.813. The fraction of sp³-hybridized carbons (Fsp3) is 0.533. The van der Waals surface area contributed by atoms with Crippen LogP contribution in [0.25, 0.3) is 0 Å². The molecule has 0 aliphatic carbocycles. The number of hydrogen-bond donors (Lipinski definition) is 3. The molecule has 0 saturated carbocycles. The molecule has 1 heterocycles. The fourth-order valence-corrected chi connectivity index (χ4v) is 2.53. The maximum Gasteiger partial charge on any atom is 0.224 e. The van der Waals surface area contributed by atoms with Crippen LogP contribution in [0, 0.1) is 5.92 Å². The first-order valence-electron chi connectivity index (χ1n) is 6.93. The Morgan fingerprint density at radius 1 is 1.53 bits per heavy atom. The summed E-state index contributed by atoms with van der Waals surface area (Å²) < 4.78 is 0. The lowest BCUT2D eigenvalue weighted by Gasteiger charge is -2.30. The second-order valence-corrected chi connectivity index (χ2v) is 5.33. The smallest absolute Gasteiger partial charge is 0.224 e. The third kappa shape index (κ3) is 4.24. The number of phenols is 1. The number of rotatable bonds is 4. The van der Waals surface area contributed by atoms with Crippen molar-refractivity contribution in [2.24, 2.45) is 5.92 Å². The molecule has 0 radical (unpaired) electrons. The maximum absolute atomic E-state index is 11.9. The number of aromatic hydroxyl groups is 1. The second-order valence-electron chi connectivity index (χ2n) is 5.33. The molecular formula is C15H22N2O2. The standard InChI is InChI=1S/C15H22N2O2/c1-11-4-3-7-16-14(11)10-17-15(19)9-12-5-2-6-13(18)8-12/h2,5-6,8,11,14,16,18H,3-4,7,9-10H2,1H3,(H,17,19). The third-order valence-electron chi connectivity index (χ3n) is 3.72. The van der Waals surface area contributed by atoms with Crippen molar-refractivity contribution >= 4 is 5.91 Å². The fourth-order valence-electron chi connectivity index (χ4n) is 2.53. The van der Waals surface area contributed by atoms with Gasteiger partial charge in [-0.25, -0.2) is 0 Å². The van der Waals surface area contributed by atoms with E-state index in [1.165, 1.54) is 12.8 Å². The average molecular weight is 262 g/mol. The summed E-state index contributed by atoms with van der Waals surface area (Å²) in [6.07, 6.45) is 2.75. The van der Waals surface area contributed by atoms with Crippen LogP contribution in [0.5, 0.6) is 5.75 Å². The Labute approximate surface area is 114 Å². The van der Waals surface area contributed by atoms with E-state index in [1.807, 2.05) is 6.07 Å². The zero-order valence-corrected chi connectivity index (χ0v) is 11.4. The van der Waals surface area contributed by atoms with Crippen LogP contribution in [-0.2, 0) is 11.2 Å². The van der Waals surface area contributed by atoms with E-state index in [9.17, 15) is 9.90 Å². The number of piperidine rings is 1. The summed E-state index contributed by atoms with van der Waals surface area (Å²) in [7, 11) is 0. The van der Waals surface area contributed by atoms with E-state index in [-0.39, 0.29) is 11.7 Å². The van der Waals surface area contributed by atoms with Gasteiger partial charge in [0.05, 0.1) is 6.42 Å². The van der Waals surface area contributed by atoms with Crippen molar-refractivity contribution in [3.8, 4) is 5.75 Å². The zero-order chi connectivity index (χ0) is 13.7. The van der Waals surface area contributed by atoms with Crippen LogP contribution >= 0.6 is 0 Å². The summed E-state index contributed by atoms with van der Waals surface area (Å²) in [6.45, 7) is 3.94. The highest BCUT2D eigenvalue weighted by atomic mass is 16.3. The van der Waals surface area contributed by atoms with Crippen LogP contribution in [0.2, 0.25) is 0 Å². The highest BCUT2D eigenvalue weighted by Gasteiger charge is 2.20. The number of amides is 1. The molecule has 1 aromatic rings. The van der Waals surface area contributed by atoms with Crippen molar-refractivity contribution in [3.63, 3.8) is 0 Å². The molecule has 1 fully saturated rings. The van der Waals surface area contributed by atoms with E-state index in [4.69, 9.17) is 0 Å². The van der Waals surface area contributed by atoms with Crippen molar-refractivity contribution in [3.05, 3.63) is 29.8 Å². The maximum atomic E-state index is 11.9. The first-order chi connectivity index (χ1) is 9.15. The topological polar surface area (TPSA) is 61.4 Å². The molecule has 3 N–H and O–H groups in total. The first-order valence-corrected chi connectivity index (χ1v) is 6.93. The van der Waals surface area contributed by atoms with E-state index >= 15 is 0 Å². The molecule has 0 bridgehead atoms. The largest absolute Gasteiger partial charge is 0.508 e. The third-order valence-corrected chi connectivity index (χ3v) is 3.72. The predicted octanol–water partition coefficient (Wildman–Crippen LogP) is 1.44. The van der Waals surface area contributed by atoms with E-state index in [0.29, 0.717) is 24.9 Å². The van der Waals surface area contributed by atoms with Crippen LogP contribution < -0.4 is 10.6 Å². The molecule has 19 heavy (non-hydrogen) atoms. The Morgan fingerprint density at radius 3 is 3.11 bits per heavy atom. The number of carbonyl (C=O) groups is 1. The highest BCUT2D eigenvalue weighted by Crippen LogP contribution is 2.15. The Morgan fingerprint density at radius 2 is 2.37 bits per heavy atom. The van der Waals surface area contributed by atoms with Crippen LogP contribution in [-0.4, -0.2) is 30.1 Å². The first kappa shape index (κ1) is 13.9. The normalized spacial score (nSPS) is 23.0. The summed E-state index contributed by atoms with van der Waals surface area (Å²) in [5, 5.41) is 15.8. The van der Waals surface area contributed by atoms with Gasteiger partial charge in [-0.3, -0.25) is 4.79 Å². The molecule has 104 valence electrons. The molecule has 1 saturated heterocycles. The minimum absolute atomic E-state index is 0.00479. The summed E-state index contributed by atoms with van der Waals surface area (Å²) in [6, 6.07) is 7.21. The molecule has 0 aromatic heterocycles. The van der Waals surface area contributed by atoms with Gasteiger partial charge in [0.1, 0.15) is 5.75 Å². The van der Waals surface area contributed by atoms with Gasteiger partial charge in [0, 0.05) is 12.6 Å². The summed E-state index contributed by atoms with van der Waals surface area (Å²) in [5.41, 5.74) is 0.835. The average Bonchev–Trinajstić information content (AvgIpc) is 2.38. The van der Waals surface area contributed by atoms with E-state index in [0.717, 1.165) is 12.1 Å². The van der Waals surface area contributed by atoms with Crippen molar-refractivity contribution in [2.75, 3.05) is 13.1 Å². The van der Waals surface area contributed by atoms with Gasteiger partial charge in [0.25, 0.3) is 0 Å². The number of benzene rings is 1. The quantitative estimate of drug-likeness (QED) is 0.769. The number of nitrogens with one attached hydrogen (secondary N) is 2. The molecule has 2 atom stereocenters. The minimum Gasteiger partial charge on any atom is -0.508 e. The Balaban J connectivity index is 1.78. The van der Waals surface area contributed by atoms with E-state index < -0.39 is 0 Å². The minimum atomic E-state index is 0.00479. The van der Waals surface area contributed by atoms with Gasteiger partial charge >= 0.3 is 0 Å². The van der Waals surface area contributed by atoms with Crippen LogP contribution in [0.1, 0.15) is 25.3 Å². The van der Waals surface area contributed by atoms with Gasteiger partial charge in [-0.05, 0) is 43.0 Å². The molecule has 1 amide bonds. The van der Waals surface area contributed by atoms with Gasteiger partial charge in [0.15, 0.2) is 0 Å². The van der Waals surface area contributed by atoms with Crippen LogP contribution in [0.3, 0.4) is 0 Å². The lowest BCUT2D eigenvalue weighted by atomic mass is 9.93. The molecule has 2 unspecified atom stereocenters. The van der Waals surface area contributed by atoms with Crippen molar-refractivity contribution < 1.29 is 9.90 Å². The number of hydrogen-bond acceptors (Lipinski definition) is 3. The predicted molar refractivity (Wildman–Crippen MR) is 75.0 cm³/mol. The molecule has 4 nitrogen and oxygen atoms in total. The van der Waals surface area contributed by atoms with E-state index in [1.54, 1.807) is 18.2 Å². The molecule has 1 aliphatic heterocycles. The molecule has 0 spiro atoms. The molecular weight excluding hydrogens is 240 g/mol. The lowest BCUT2D eigenvalue weighted by molar-refractivity contribution is -0.120. The summed E-state index contributed by atoms with van der Waals surface area (Å²) >= 11 is 0. The van der Waals surface area contributed by atoms with Crippen molar-refractivity contribution in [1.82, 2.24) is 10.6 Å². The zero-order valence-electron chi connectivity index (χ0n) is 11.4. The monoisotopic (exact) mass is 262 g/mol. The number of carbonyl (C=O) groups excluding carboxylic acids is 1. The Kier molecular flexibility index (Phi) is 4.80. The lowest BCUT2D eigenvalue weighted by Crippen LogP contribution is -2.48. The van der Waals surface area contributed by atoms with E-state index in [2.05, 4.69) is 17.6 Å². The van der Waals surface area contributed by atoms with Gasteiger partial charge in [-0.15, -0.1) is 0 Å². The van der Waals surface area contributed by atoms with Crippen LogP contribution in [0.15, 0.2) is 24.3 Å². The molecule has 1 aliphatic rings. The Hall–Kier alpha value is -1.55. The SMILES string of the molecule is CC1CCCNC1CNC(=O)Cc1cccc(O)c1. The Bertz CT molecular complexity index is 434.